The van der Waals surface area contributed by atoms with E-state index >= 15 is 0 Å². The molecule has 5 heteroatoms. The first kappa shape index (κ1) is 18.4. The number of nitrogens with zero attached hydrogens (tertiary/aromatic N) is 2. The maximum atomic E-state index is 12.5. The lowest BCUT2D eigenvalue weighted by Gasteiger charge is -2.36. The fourth-order valence-corrected chi connectivity index (χ4v) is 4.85. The van der Waals surface area contributed by atoms with Crippen LogP contribution in [0.25, 0.3) is 11.0 Å². The van der Waals surface area contributed by atoms with Crippen molar-refractivity contribution in [1.29, 1.82) is 0 Å². The molecule has 142 valence electrons. The summed E-state index contributed by atoms with van der Waals surface area (Å²) >= 11 is 1.88. The lowest BCUT2D eigenvalue weighted by atomic mass is 10.00. The van der Waals surface area contributed by atoms with Crippen molar-refractivity contribution in [3.63, 3.8) is 0 Å². The third kappa shape index (κ3) is 3.71. The standard InChI is InChI=1S/C22H27N3OS/c1-3-27-19-10-8-17(9-11-19)16(2)24-14-12-18(13-15-24)25-21-7-5-4-6-20(21)23-22(25)26/h4-11,16,18H,3,12-15H2,1-2H3,(H,23,26). The van der Waals surface area contributed by atoms with E-state index in [2.05, 4.69) is 48.0 Å². The number of hydrogen-bond donors (Lipinski definition) is 1. The minimum Gasteiger partial charge on any atom is -0.306 e. The Balaban J connectivity index is 1.45. The van der Waals surface area contributed by atoms with Gasteiger partial charge in [-0.1, -0.05) is 31.2 Å². The number of fused-ring (bicyclic) bond motifs is 1. The quantitative estimate of drug-likeness (QED) is 0.643. The van der Waals surface area contributed by atoms with Crippen molar-refractivity contribution >= 4 is 22.8 Å². The van der Waals surface area contributed by atoms with Gasteiger partial charge in [0.05, 0.1) is 11.0 Å². The van der Waals surface area contributed by atoms with E-state index in [0.29, 0.717) is 6.04 Å². The molecule has 0 amide bonds. The van der Waals surface area contributed by atoms with Crippen molar-refractivity contribution in [2.75, 3.05) is 18.8 Å². The van der Waals surface area contributed by atoms with Crippen LogP contribution in [0.4, 0.5) is 0 Å². The van der Waals surface area contributed by atoms with Crippen molar-refractivity contribution in [2.24, 2.45) is 0 Å². The summed E-state index contributed by atoms with van der Waals surface area (Å²) in [6, 6.07) is 17.7. The number of thioether (sulfide) groups is 1. The molecule has 4 rings (SSSR count). The molecule has 1 fully saturated rings. The SMILES string of the molecule is CCSc1ccc(C(C)N2CCC(n3c(=O)[nH]c4ccccc43)CC2)cc1. The molecule has 4 nitrogen and oxygen atoms in total. The highest BCUT2D eigenvalue weighted by atomic mass is 32.2. The highest BCUT2D eigenvalue weighted by Crippen LogP contribution is 2.30. The number of aromatic nitrogens is 2. The van der Waals surface area contributed by atoms with Crippen LogP contribution in [0.1, 0.15) is 44.3 Å². The number of piperidine rings is 1. The van der Waals surface area contributed by atoms with Crippen LogP contribution in [-0.4, -0.2) is 33.3 Å². The average Bonchev–Trinajstić information content (AvgIpc) is 3.04. The Labute approximate surface area is 164 Å². The number of nitrogens with one attached hydrogen (secondary N) is 1. The summed E-state index contributed by atoms with van der Waals surface area (Å²) in [5.41, 5.74) is 3.35. The molecule has 1 aromatic heterocycles. The molecule has 0 spiro atoms. The number of para-hydroxylation sites is 2. The molecule has 1 aliphatic rings. The Morgan fingerprint density at radius 2 is 1.81 bits per heavy atom. The molecule has 2 heterocycles. The van der Waals surface area contributed by atoms with Gasteiger partial charge in [-0.3, -0.25) is 9.47 Å². The molecular formula is C22H27N3OS. The first-order chi connectivity index (χ1) is 13.2. The Morgan fingerprint density at radius 3 is 2.52 bits per heavy atom. The van der Waals surface area contributed by atoms with Crippen molar-refractivity contribution in [1.82, 2.24) is 14.5 Å². The van der Waals surface area contributed by atoms with E-state index in [4.69, 9.17) is 0 Å². The zero-order valence-electron chi connectivity index (χ0n) is 16.0. The van der Waals surface area contributed by atoms with Gasteiger partial charge in [0, 0.05) is 30.1 Å². The van der Waals surface area contributed by atoms with Crippen LogP contribution in [0, 0.1) is 0 Å². The molecule has 1 N–H and O–H groups in total. The molecule has 27 heavy (non-hydrogen) atoms. The minimum absolute atomic E-state index is 0.0201. The topological polar surface area (TPSA) is 41.0 Å². The van der Waals surface area contributed by atoms with Crippen LogP contribution >= 0.6 is 11.8 Å². The number of likely N-dealkylation sites (tertiary alicyclic amines) is 1. The third-order valence-corrected chi connectivity index (χ3v) is 6.60. The van der Waals surface area contributed by atoms with Gasteiger partial charge >= 0.3 is 5.69 Å². The van der Waals surface area contributed by atoms with E-state index in [1.807, 2.05) is 40.6 Å². The molecule has 1 aliphatic heterocycles. The van der Waals surface area contributed by atoms with Gasteiger partial charge in [0.1, 0.15) is 0 Å². The number of benzene rings is 2. The summed E-state index contributed by atoms with van der Waals surface area (Å²) < 4.78 is 1.97. The molecule has 2 aromatic carbocycles. The predicted molar refractivity (Wildman–Crippen MR) is 114 cm³/mol. The second-order valence-corrected chi connectivity index (χ2v) is 8.60. The second kappa shape index (κ2) is 7.95. The maximum Gasteiger partial charge on any atom is 0.326 e. The molecule has 0 aliphatic carbocycles. The molecule has 1 saturated heterocycles. The van der Waals surface area contributed by atoms with Gasteiger partial charge in [0.15, 0.2) is 0 Å². The lowest BCUT2D eigenvalue weighted by molar-refractivity contribution is 0.144. The van der Waals surface area contributed by atoms with Crippen molar-refractivity contribution < 1.29 is 0 Å². The largest absolute Gasteiger partial charge is 0.326 e. The molecular weight excluding hydrogens is 354 g/mol. The number of aromatic amines is 1. The average molecular weight is 382 g/mol. The number of hydrogen-bond acceptors (Lipinski definition) is 3. The van der Waals surface area contributed by atoms with Crippen LogP contribution in [0.2, 0.25) is 0 Å². The molecule has 1 atom stereocenters. The van der Waals surface area contributed by atoms with Gasteiger partial charge < -0.3 is 4.98 Å². The fraction of sp³-hybridized carbons (Fsp3) is 0.409. The summed E-state index contributed by atoms with van der Waals surface area (Å²) in [6.07, 6.45) is 2.02. The zero-order chi connectivity index (χ0) is 18.8. The van der Waals surface area contributed by atoms with Crippen molar-refractivity contribution in [3.8, 4) is 0 Å². The van der Waals surface area contributed by atoms with E-state index in [1.165, 1.54) is 10.5 Å². The molecule has 3 aromatic rings. The number of imidazole rings is 1. The molecule has 0 radical (unpaired) electrons. The number of rotatable bonds is 5. The summed E-state index contributed by atoms with van der Waals surface area (Å²) in [4.78, 5) is 19.3. The van der Waals surface area contributed by atoms with Gasteiger partial charge in [0.25, 0.3) is 0 Å². The monoisotopic (exact) mass is 381 g/mol. The van der Waals surface area contributed by atoms with Crippen LogP contribution in [0.5, 0.6) is 0 Å². The molecule has 0 bridgehead atoms. The van der Waals surface area contributed by atoms with Gasteiger partial charge in [-0.2, -0.15) is 0 Å². The van der Waals surface area contributed by atoms with Gasteiger partial charge in [0.2, 0.25) is 0 Å². The Hall–Kier alpha value is -1.98. The van der Waals surface area contributed by atoms with Crippen LogP contribution < -0.4 is 5.69 Å². The lowest BCUT2D eigenvalue weighted by Crippen LogP contribution is -2.38. The third-order valence-electron chi connectivity index (χ3n) is 5.71. The summed E-state index contributed by atoms with van der Waals surface area (Å²) in [6.45, 7) is 6.51. The zero-order valence-corrected chi connectivity index (χ0v) is 16.8. The summed E-state index contributed by atoms with van der Waals surface area (Å²) in [7, 11) is 0. The minimum atomic E-state index is 0.0201. The fourth-order valence-electron chi connectivity index (χ4n) is 4.19. The Bertz CT molecular complexity index is 952. The van der Waals surface area contributed by atoms with Crippen LogP contribution in [0.3, 0.4) is 0 Å². The smallest absolute Gasteiger partial charge is 0.306 e. The van der Waals surface area contributed by atoms with E-state index in [-0.39, 0.29) is 11.7 Å². The Kier molecular flexibility index (Phi) is 5.41. The van der Waals surface area contributed by atoms with Gasteiger partial charge in [-0.25, -0.2) is 4.79 Å². The first-order valence-corrected chi connectivity index (χ1v) is 10.8. The first-order valence-electron chi connectivity index (χ1n) is 9.83. The van der Waals surface area contributed by atoms with E-state index < -0.39 is 0 Å². The second-order valence-electron chi connectivity index (χ2n) is 7.26. The van der Waals surface area contributed by atoms with E-state index in [9.17, 15) is 4.79 Å². The van der Waals surface area contributed by atoms with Crippen LogP contribution in [-0.2, 0) is 0 Å². The predicted octanol–water partition coefficient (Wildman–Crippen LogP) is 4.84. The normalized spacial score (nSPS) is 17.4. The van der Waals surface area contributed by atoms with Gasteiger partial charge in [-0.05, 0) is 55.3 Å². The summed E-state index contributed by atoms with van der Waals surface area (Å²) in [5, 5.41) is 0. The highest BCUT2D eigenvalue weighted by Gasteiger charge is 2.26. The Morgan fingerprint density at radius 1 is 1.11 bits per heavy atom. The van der Waals surface area contributed by atoms with E-state index in [1.54, 1.807) is 0 Å². The van der Waals surface area contributed by atoms with Crippen LogP contribution in [0.15, 0.2) is 58.2 Å². The molecule has 0 saturated carbocycles. The van der Waals surface area contributed by atoms with Crippen molar-refractivity contribution in [2.45, 2.75) is 43.7 Å². The van der Waals surface area contributed by atoms with E-state index in [0.717, 1.165) is 42.7 Å². The number of H-pyrrole nitrogens is 1. The van der Waals surface area contributed by atoms with Gasteiger partial charge in [-0.15, -0.1) is 11.8 Å². The maximum absolute atomic E-state index is 12.5. The van der Waals surface area contributed by atoms with Crippen molar-refractivity contribution in [3.05, 3.63) is 64.6 Å². The highest BCUT2D eigenvalue weighted by molar-refractivity contribution is 7.99. The summed E-state index contributed by atoms with van der Waals surface area (Å²) in [5.74, 6) is 1.11. The molecule has 1 unspecified atom stereocenters.